The molecule has 0 unspecified atom stereocenters. The van der Waals surface area contributed by atoms with Crippen LogP contribution in [0.15, 0.2) is 41.2 Å². The number of hydrogen-bond acceptors (Lipinski definition) is 3. The van der Waals surface area contributed by atoms with Gasteiger partial charge in [-0.1, -0.05) is 25.2 Å². The molecule has 0 bridgehead atoms. The lowest BCUT2D eigenvalue weighted by Crippen LogP contribution is -2.48. The van der Waals surface area contributed by atoms with Crippen LogP contribution in [0.25, 0.3) is 0 Å². The summed E-state index contributed by atoms with van der Waals surface area (Å²) in [5.74, 6) is 0.692. The van der Waals surface area contributed by atoms with E-state index in [-0.39, 0.29) is 5.41 Å². The normalized spacial score (nSPS) is 40.8. The zero-order valence-corrected chi connectivity index (χ0v) is 16.4. The molecular weight excluding hydrogens is 324 g/mol. The van der Waals surface area contributed by atoms with Crippen molar-refractivity contribution in [1.82, 2.24) is 0 Å². The smallest absolute Gasteiger partial charge is 0.171 e. The van der Waals surface area contributed by atoms with Crippen molar-refractivity contribution in [3.8, 4) is 0 Å². The quantitative estimate of drug-likeness (QED) is 0.589. The van der Waals surface area contributed by atoms with E-state index in [4.69, 9.17) is 9.47 Å². The van der Waals surface area contributed by atoms with Crippen LogP contribution in [-0.4, -0.2) is 30.7 Å². The first-order valence-corrected chi connectivity index (χ1v) is 10.0. The summed E-state index contributed by atoms with van der Waals surface area (Å²) >= 11 is 0. The molecule has 4 aliphatic carbocycles. The van der Waals surface area contributed by atoms with Crippen molar-refractivity contribution >= 4 is 0 Å². The molecule has 4 aliphatic rings. The summed E-state index contributed by atoms with van der Waals surface area (Å²) in [4.78, 5) is 0. The molecule has 26 heavy (non-hydrogen) atoms. The predicted molar refractivity (Wildman–Crippen MR) is 103 cm³/mol. The average molecular weight is 357 g/mol. The summed E-state index contributed by atoms with van der Waals surface area (Å²) in [6.45, 7) is 5.99. The summed E-state index contributed by atoms with van der Waals surface area (Å²) in [6.07, 6.45) is 12.3. The number of rotatable bonds is 3. The highest BCUT2D eigenvalue weighted by atomic mass is 16.7. The lowest BCUT2D eigenvalue weighted by Gasteiger charge is -2.50. The lowest BCUT2D eigenvalue weighted by atomic mass is 9.56. The Morgan fingerprint density at radius 2 is 2.00 bits per heavy atom. The van der Waals surface area contributed by atoms with E-state index >= 15 is 0 Å². The minimum atomic E-state index is -0.760. The number of ether oxygens (including phenoxy) is 2. The molecule has 3 nitrogen and oxygen atoms in total. The van der Waals surface area contributed by atoms with Crippen LogP contribution in [0.3, 0.4) is 0 Å². The predicted octanol–water partition coefficient (Wildman–Crippen LogP) is 4.68. The average Bonchev–Trinajstić information content (AvgIpc) is 2.92. The van der Waals surface area contributed by atoms with Gasteiger partial charge in [0.25, 0.3) is 0 Å². The Morgan fingerprint density at radius 3 is 2.69 bits per heavy atom. The third kappa shape index (κ3) is 2.38. The maximum absolute atomic E-state index is 11.3. The van der Waals surface area contributed by atoms with E-state index in [0.29, 0.717) is 11.8 Å². The first-order valence-electron chi connectivity index (χ1n) is 10.0. The molecule has 4 atom stereocenters. The van der Waals surface area contributed by atoms with Crippen LogP contribution >= 0.6 is 0 Å². The highest BCUT2D eigenvalue weighted by Gasteiger charge is 2.59. The third-order valence-corrected chi connectivity index (χ3v) is 8.13. The zero-order valence-electron chi connectivity index (χ0n) is 16.4. The largest absolute Gasteiger partial charge is 0.385 e. The molecule has 0 aromatic heterocycles. The first-order chi connectivity index (χ1) is 12.4. The van der Waals surface area contributed by atoms with Crippen LogP contribution in [0.5, 0.6) is 0 Å². The molecule has 1 saturated carbocycles. The van der Waals surface area contributed by atoms with Crippen LogP contribution < -0.4 is 0 Å². The maximum atomic E-state index is 11.3. The number of allylic oxidation sites excluding steroid dienone is 3. The molecule has 0 radical (unpaired) electrons. The van der Waals surface area contributed by atoms with Crippen molar-refractivity contribution < 1.29 is 14.6 Å². The first kappa shape index (κ1) is 18.3. The van der Waals surface area contributed by atoms with E-state index in [9.17, 15) is 5.11 Å². The molecule has 1 N–H and O–H groups in total. The van der Waals surface area contributed by atoms with E-state index in [1.807, 2.05) is 6.08 Å². The second-order valence-electron chi connectivity index (χ2n) is 8.92. The van der Waals surface area contributed by atoms with Crippen LogP contribution in [-0.2, 0) is 9.47 Å². The third-order valence-electron chi connectivity index (χ3n) is 8.13. The Hall–Kier alpha value is -1.12. The van der Waals surface area contributed by atoms with Gasteiger partial charge in [0.15, 0.2) is 5.79 Å². The molecule has 0 heterocycles. The molecule has 0 amide bonds. The SMILES string of the molecule is C=C=C[C@]1(O)CC[C@H]2[C@@H]3CCC4=C(CCC(OC)(OC)C4)C3=CC[C@@]21C. The highest BCUT2D eigenvalue weighted by molar-refractivity contribution is 5.45. The summed E-state index contributed by atoms with van der Waals surface area (Å²) in [7, 11) is 3.52. The molecule has 4 rings (SSSR count). The molecule has 0 saturated heterocycles. The van der Waals surface area contributed by atoms with E-state index in [2.05, 4.69) is 25.3 Å². The van der Waals surface area contributed by atoms with Gasteiger partial charge < -0.3 is 14.6 Å². The van der Waals surface area contributed by atoms with Gasteiger partial charge in [0.1, 0.15) is 0 Å². The molecule has 0 aromatic carbocycles. The van der Waals surface area contributed by atoms with Crippen LogP contribution in [0.2, 0.25) is 0 Å². The topological polar surface area (TPSA) is 38.7 Å². The monoisotopic (exact) mass is 356 g/mol. The lowest BCUT2D eigenvalue weighted by molar-refractivity contribution is -0.212. The summed E-state index contributed by atoms with van der Waals surface area (Å²) < 4.78 is 11.5. The summed E-state index contributed by atoms with van der Waals surface area (Å²) in [6, 6.07) is 0. The van der Waals surface area contributed by atoms with E-state index in [0.717, 1.165) is 44.9 Å². The Bertz CT molecular complexity index is 707. The van der Waals surface area contributed by atoms with Crippen molar-refractivity contribution in [3.63, 3.8) is 0 Å². The maximum Gasteiger partial charge on any atom is 0.171 e. The minimum absolute atomic E-state index is 0.0958. The van der Waals surface area contributed by atoms with Gasteiger partial charge in [0, 0.05) is 32.5 Å². The summed E-state index contributed by atoms with van der Waals surface area (Å²) in [5.41, 5.74) is 6.68. The molecular formula is C23H32O3. The van der Waals surface area contributed by atoms with Gasteiger partial charge in [-0.05, 0) is 67.6 Å². The Labute approximate surface area is 157 Å². The molecule has 1 fully saturated rings. The van der Waals surface area contributed by atoms with Crippen molar-refractivity contribution in [1.29, 1.82) is 0 Å². The number of hydrogen-bond donors (Lipinski definition) is 1. The fraction of sp³-hybridized carbons (Fsp3) is 0.696. The van der Waals surface area contributed by atoms with Gasteiger partial charge in [0.05, 0.1) is 5.60 Å². The van der Waals surface area contributed by atoms with Crippen molar-refractivity contribution in [2.45, 2.75) is 69.7 Å². The van der Waals surface area contributed by atoms with Crippen LogP contribution in [0.4, 0.5) is 0 Å². The van der Waals surface area contributed by atoms with Gasteiger partial charge in [-0.25, -0.2) is 0 Å². The minimum Gasteiger partial charge on any atom is -0.385 e. The molecule has 142 valence electrons. The fourth-order valence-electron chi connectivity index (χ4n) is 6.44. The Morgan fingerprint density at radius 1 is 1.23 bits per heavy atom. The Kier molecular flexibility index (Phi) is 4.36. The molecule has 3 heteroatoms. The fourth-order valence-corrected chi connectivity index (χ4v) is 6.44. The van der Waals surface area contributed by atoms with Crippen LogP contribution in [0, 0.1) is 17.3 Å². The molecule has 0 aliphatic heterocycles. The van der Waals surface area contributed by atoms with Crippen molar-refractivity contribution in [2.75, 3.05) is 14.2 Å². The van der Waals surface area contributed by atoms with Gasteiger partial charge in [-0.2, -0.15) is 0 Å². The van der Waals surface area contributed by atoms with Gasteiger partial charge in [-0.15, -0.1) is 5.73 Å². The summed E-state index contributed by atoms with van der Waals surface area (Å²) in [5, 5.41) is 11.3. The number of aliphatic hydroxyl groups is 1. The van der Waals surface area contributed by atoms with E-state index in [1.54, 1.807) is 25.4 Å². The zero-order chi connectivity index (χ0) is 18.6. The molecule has 0 spiro atoms. The van der Waals surface area contributed by atoms with Gasteiger partial charge >= 0.3 is 0 Å². The Balaban J connectivity index is 1.68. The second kappa shape index (κ2) is 6.21. The number of fused-ring (bicyclic) bond motifs is 4. The van der Waals surface area contributed by atoms with Crippen molar-refractivity contribution in [3.05, 3.63) is 41.2 Å². The molecule has 0 aromatic rings. The highest BCUT2D eigenvalue weighted by Crippen LogP contribution is 2.63. The standard InChI is InChI=1S/C23H32O3/c1-5-11-22(24)13-10-20-19-7-6-16-15-23(25-3,26-4)14-9-17(16)18(19)8-12-21(20,22)2/h8,11,19-20,24H,1,6-7,9-10,12-15H2,2-4H3/t19-,20+,21+,22+/m1/s1. The van der Waals surface area contributed by atoms with Gasteiger partial charge in [-0.3, -0.25) is 0 Å². The van der Waals surface area contributed by atoms with Crippen LogP contribution in [0.1, 0.15) is 58.3 Å². The van der Waals surface area contributed by atoms with E-state index < -0.39 is 11.4 Å². The van der Waals surface area contributed by atoms with E-state index in [1.165, 1.54) is 12.0 Å². The second-order valence-corrected chi connectivity index (χ2v) is 8.92. The van der Waals surface area contributed by atoms with Gasteiger partial charge in [0.2, 0.25) is 0 Å². The number of methoxy groups -OCH3 is 2. The van der Waals surface area contributed by atoms with Crippen molar-refractivity contribution in [2.24, 2.45) is 17.3 Å².